The van der Waals surface area contributed by atoms with Gasteiger partial charge in [0.05, 0.1) is 4.92 Å². The van der Waals surface area contributed by atoms with Crippen LogP contribution in [0.25, 0.3) is 0 Å². The Balaban J connectivity index is 2.89. The summed E-state index contributed by atoms with van der Waals surface area (Å²) in [6.45, 7) is 3.33. The lowest BCUT2D eigenvalue weighted by Gasteiger charge is -2.06. The van der Waals surface area contributed by atoms with E-state index >= 15 is 0 Å². The largest absolute Gasteiger partial charge is 0.296 e. The molecule has 0 N–H and O–H groups in total. The highest BCUT2D eigenvalue weighted by molar-refractivity contribution is 5.30. The fraction of sp³-hybridized carbons (Fsp3) is 0.333. The van der Waals surface area contributed by atoms with E-state index in [4.69, 9.17) is 0 Å². The van der Waals surface area contributed by atoms with Crippen LogP contribution < -0.4 is 10.7 Å². The Morgan fingerprint density at radius 2 is 1.93 bits per heavy atom. The molecule has 0 bridgehead atoms. The molecule has 0 amide bonds. The van der Waals surface area contributed by atoms with Crippen LogP contribution in [0.3, 0.4) is 0 Å². The number of nitrogens with zero attached hydrogens (tertiary/aromatic N) is 3. The van der Waals surface area contributed by atoms with Crippen molar-refractivity contribution in [2.75, 3.05) is 0 Å². The molecule has 0 saturated heterocycles. The van der Waals surface area contributed by atoms with Crippen molar-refractivity contribution in [2.24, 2.45) is 9.98 Å². The molecule has 78 valence electrons. The van der Waals surface area contributed by atoms with E-state index in [2.05, 4.69) is 9.98 Å². The van der Waals surface area contributed by atoms with Gasteiger partial charge in [0.15, 0.2) is 11.2 Å². The summed E-state index contributed by atoms with van der Waals surface area (Å²) in [6.07, 6.45) is 0. The van der Waals surface area contributed by atoms with Crippen LogP contribution in [-0.4, -0.2) is 10.6 Å². The molecule has 1 aromatic carbocycles. The van der Waals surface area contributed by atoms with Crippen LogP contribution in [0.15, 0.2) is 22.1 Å². The first-order valence-electron chi connectivity index (χ1n) is 4.33. The van der Waals surface area contributed by atoms with Crippen LogP contribution in [-0.2, 0) is 0 Å². The summed E-state index contributed by atoms with van der Waals surface area (Å²) in [6, 6.07) is 2.14. The maximum absolute atomic E-state index is 13.3. The standard InChI is InChI=1S/C9H8FN3O2/c1-9(2)11-7-5(10)3-4-6(13(14)15)8(7)12-9/h3-4H,1-2H3. The van der Waals surface area contributed by atoms with Gasteiger partial charge in [0.2, 0.25) is 0 Å². The third-order valence-electron chi connectivity index (χ3n) is 2.05. The van der Waals surface area contributed by atoms with Gasteiger partial charge >= 0.3 is 0 Å². The maximum Gasteiger partial charge on any atom is 0.296 e. The van der Waals surface area contributed by atoms with Crippen LogP contribution in [0.5, 0.6) is 0 Å². The lowest BCUT2D eigenvalue weighted by Crippen LogP contribution is -2.28. The average molecular weight is 209 g/mol. The second-order valence-electron chi connectivity index (χ2n) is 3.74. The van der Waals surface area contributed by atoms with Crippen molar-refractivity contribution < 1.29 is 9.31 Å². The molecule has 1 aliphatic rings. The Bertz CT molecular complexity index is 565. The fourth-order valence-corrected chi connectivity index (χ4v) is 1.48. The van der Waals surface area contributed by atoms with Crippen molar-refractivity contribution in [3.8, 4) is 0 Å². The van der Waals surface area contributed by atoms with E-state index in [0.29, 0.717) is 0 Å². The van der Waals surface area contributed by atoms with Gasteiger partial charge in [0, 0.05) is 6.07 Å². The zero-order valence-corrected chi connectivity index (χ0v) is 8.19. The van der Waals surface area contributed by atoms with Crippen LogP contribution in [0.1, 0.15) is 13.8 Å². The minimum absolute atomic E-state index is 0.0193. The highest BCUT2D eigenvalue weighted by atomic mass is 19.1. The third-order valence-corrected chi connectivity index (χ3v) is 2.05. The lowest BCUT2D eigenvalue weighted by atomic mass is 10.3. The molecule has 0 aromatic heterocycles. The summed E-state index contributed by atoms with van der Waals surface area (Å²) in [5.41, 5.74) is -1.03. The summed E-state index contributed by atoms with van der Waals surface area (Å²) in [7, 11) is 0. The quantitative estimate of drug-likeness (QED) is 0.505. The number of nitro benzene ring substituents is 1. The second-order valence-corrected chi connectivity index (χ2v) is 3.74. The number of nitro groups is 1. The van der Waals surface area contributed by atoms with E-state index in [0.717, 1.165) is 12.1 Å². The Morgan fingerprint density at radius 1 is 1.33 bits per heavy atom. The van der Waals surface area contributed by atoms with Crippen LogP contribution in [0.2, 0.25) is 0 Å². The van der Waals surface area contributed by atoms with Crippen LogP contribution >= 0.6 is 0 Å². The average Bonchev–Trinajstić information content (AvgIpc) is 2.41. The first-order valence-corrected chi connectivity index (χ1v) is 4.33. The highest BCUT2D eigenvalue weighted by Crippen LogP contribution is 2.14. The van der Waals surface area contributed by atoms with E-state index in [9.17, 15) is 14.5 Å². The van der Waals surface area contributed by atoms with Gasteiger partial charge in [0.25, 0.3) is 5.69 Å². The SMILES string of the molecule is CC1(C)N=c2c(F)ccc([N+](=O)[O-])c2=N1. The molecule has 0 spiro atoms. The van der Waals surface area contributed by atoms with Gasteiger partial charge in [-0.25, -0.2) is 9.38 Å². The van der Waals surface area contributed by atoms with Crippen molar-refractivity contribution in [1.82, 2.24) is 0 Å². The summed E-state index contributed by atoms with van der Waals surface area (Å²) in [5, 5.41) is 10.7. The van der Waals surface area contributed by atoms with E-state index < -0.39 is 16.4 Å². The molecule has 0 radical (unpaired) electrons. The molecular weight excluding hydrogens is 201 g/mol. The minimum Gasteiger partial charge on any atom is -0.258 e. The van der Waals surface area contributed by atoms with Gasteiger partial charge in [-0.15, -0.1) is 0 Å². The van der Waals surface area contributed by atoms with E-state index in [-0.39, 0.29) is 16.4 Å². The van der Waals surface area contributed by atoms with Crippen molar-refractivity contribution in [1.29, 1.82) is 0 Å². The summed E-state index contributed by atoms with van der Waals surface area (Å²) in [4.78, 5) is 18.1. The summed E-state index contributed by atoms with van der Waals surface area (Å²) >= 11 is 0. The molecule has 1 aromatic rings. The Kier molecular flexibility index (Phi) is 1.82. The summed E-state index contributed by atoms with van der Waals surface area (Å²) < 4.78 is 13.3. The van der Waals surface area contributed by atoms with E-state index in [1.807, 2.05) is 0 Å². The number of rotatable bonds is 1. The number of halogens is 1. The lowest BCUT2D eigenvalue weighted by molar-refractivity contribution is -0.386. The molecule has 0 saturated carbocycles. The first-order chi connectivity index (χ1) is 6.91. The van der Waals surface area contributed by atoms with Gasteiger partial charge in [-0.1, -0.05) is 0 Å². The predicted octanol–water partition coefficient (Wildman–Crippen LogP) is 0.723. The van der Waals surface area contributed by atoms with E-state index in [1.54, 1.807) is 13.8 Å². The Labute approximate surface area is 84.1 Å². The molecule has 0 fully saturated rings. The molecular formula is C9H8FN3O2. The molecule has 0 unspecified atom stereocenters. The first kappa shape index (κ1) is 9.70. The number of hydrogen-bond donors (Lipinski definition) is 0. The molecule has 1 heterocycles. The van der Waals surface area contributed by atoms with Gasteiger partial charge in [-0.05, 0) is 19.9 Å². The van der Waals surface area contributed by atoms with Crippen LogP contribution in [0, 0.1) is 15.9 Å². The zero-order chi connectivity index (χ0) is 11.2. The third kappa shape index (κ3) is 1.47. The maximum atomic E-state index is 13.3. The number of fused-ring (bicyclic) bond motifs is 1. The van der Waals surface area contributed by atoms with Crippen molar-refractivity contribution in [3.05, 3.63) is 38.8 Å². The minimum atomic E-state index is -0.824. The van der Waals surface area contributed by atoms with Crippen molar-refractivity contribution in [3.63, 3.8) is 0 Å². The monoisotopic (exact) mass is 209 g/mol. The zero-order valence-electron chi connectivity index (χ0n) is 8.19. The van der Waals surface area contributed by atoms with Gasteiger partial charge in [0.1, 0.15) is 11.0 Å². The highest BCUT2D eigenvalue weighted by Gasteiger charge is 2.25. The fourth-order valence-electron chi connectivity index (χ4n) is 1.48. The predicted molar refractivity (Wildman–Crippen MR) is 49.4 cm³/mol. The second kappa shape index (κ2) is 2.82. The number of non-ortho nitro benzene ring substituents is 1. The molecule has 5 nitrogen and oxygen atoms in total. The Morgan fingerprint density at radius 3 is 2.53 bits per heavy atom. The van der Waals surface area contributed by atoms with E-state index in [1.165, 1.54) is 0 Å². The molecule has 0 atom stereocenters. The molecule has 1 aliphatic heterocycles. The Hall–Kier alpha value is -1.85. The number of hydrogen-bond acceptors (Lipinski definition) is 4. The molecule has 15 heavy (non-hydrogen) atoms. The molecule has 2 rings (SSSR count). The number of benzene rings is 1. The van der Waals surface area contributed by atoms with Gasteiger partial charge in [-0.3, -0.25) is 15.1 Å². The molecule has 0 aliphatic carbocycles. The smallest absolute Gasteiger partial charge is 0.258 e. The normalized spacial score (nSPS) is 16.5. The van der Waals surface area contributed by atoms with Crippen molar-refractivity contribution >= 4 is 5.69 Å². The van der Waals surface area contributed by atoms with Gasteiger partial charge < -0.3 is 0 Å². The van der Waals surface area contributed by atoms with Gasteiger partial charge in [-0.2, -0.15) is 0 Å². The van der Waals surface area contributed by atoms with Crippen molar-refractivity contribution in [2.45, 2.75) is 19.5 Å². The molecule has 6 heteroatoms. The topological polar surface area (TPSA) is 67.9 Å². The summed E-state index contributed by atoms with van der Waals surface area (Å²) in [5.74, 6) is -0.579. The van der Waals surface area contributed by atoms with Crippen LogP contribution in [0.4, 0.5) is 10.1 Å².